The molecule has 1 fully saturated rings. The third-order valence-corrected chi connectivity index (χ3v) is 1.50. The van der Waals surface area contributed by atoms with Gasteiger partial charge in [0.15, 0.2) is 10.3 Å². The molecule has 0 amide bonds. The van der Waals surface area contributed by atoms with E-state index in [0.717, 1.165) is 0 Å². The number of nitrogens with two attached hydrogens (primary N) is 1. The third-order valence-electron chi connectivity index (χ3n) is 1.50. The molecule has 0 saturated heterocycles. The zero-order chi connectivity index (χ0) is 8.74. The van der Waals surface area contributed by atoms with Crippen LogP contribution in [0, 0.1) is 0 Å². The first-order chi connectivity index (χ1) is 5.00. The molecule has 0 aromatic carbocycles. The maximum absolute atomic E-state index is 8.85. The van der Waals surface area contributed by atoms with Crippen LogP contribution in [0.4, 0.5) is 0 Å². The molecule has 6 heteroatoms. The Morgan fingerprint density at radius 3 is 1.08 bits per heavy atom. The molecule has 0 bridgehead atoms. The van der Waals surface area contributed by atoms with Gasteiger partial charge in [0, 0.05) is 0 Å². The topological polar surface area (TPSA) is 83.2 Å². The van der Waals surface area contributed by atoms with Gasteiger partial charge in [-0.05, 0) is 0 Å². The van der Waals surface area contributed by atoms with Crippen LogP contribution in [0.2, 0.25) is 0 Å². The quantitative estimate of drug-likeness (QED) is 0.356. The van der Waals surface area contributed by atoms with Crippen molar-refractivity contribution < 1.29 is 42.5 Å². The minimum Gasteiger partial charge on any atom is -0.736 e. The Kier molecular flexibility index (Phi) is 10.8. The van der Waals surface area contributed by atoms with Crippen molar-refractivity contribution in [1.82, 2.24) is 0 Å². The molecule has 0 atom stereocenters. The Bertz CT molecular complexity index is 158. The van der Waals surface area contributed by atoms with Gasteiger partial charge in [0.2, 0.25) is 0 Å². The first kappa shape index (κ1) is 15.3. The average molecular weight is 203 g/mol. The predicted molar refractivity (Wildman–Crippen MR) is 41.6 cm³/mol. The van der Waals surface area contributed by atoms with Crippen molar-refractivity contribution in [2.24, 2.45) is 5.14 Å². The zero-order valence-electron chi connectivity index (χ0n) is 7.45. The van der Waals surface area contributed by atoms with Crippen LogP contribution in [0.3, 0.4) is 0 Å². The molecule has 68 valence electrons. The Labute approximate surface area is 96.1 Å². The summed E-state index contributed by atoms with van der Waals surface area (Å²) in [5.41, 5.74) is 0. The largest absolute Gasteiger partial charge is 1.00 e. The second-order valence-corrected chi connectivity index (χ2v) is 3.60. The molecule has 1 aliphatic rings. The number of rotatable bonds is 0. The van der Waals surface area contributed by atoms with Crippen molar-refractivity contribution in [2.75, 3.05) is 0 Å². The Hall–Kier alpha value is 0.870. The van der Waals surface area contributed by atoms with Gasteiger partial charge >= 0.3 is 29.6 Å². The van der Waals surface area contributed by atoms with Gasteiger partial charge < -0.3 is 4.55 Å². The van der Waals surface area contributed by atoms with E-state index in [2.05, 4.69) is 5.14 Å². The summed E-state index contributed by atoms with van der Waals surface area (Å²) in [4.78, 5) is 0. The predicted octanol–water partition coefficient (Wildman–Crippen LogP) is -2.25. The summed E-state index contributed by atoms with van der Waals surface area (Å²) in [6.07, 6.45) is 9.00. The van der Waals surface area contributed by atoms with Crippen LogP contribution < -0.4 is 34.7 Å². The van der Waals surface area contributed by atoms with Gasteiger partial charge in [-0.1, -0.05) is 38.5 Å². The SMILES string of the molecule is C1CCCCC1.NS(=O)(=O)[O-].[Na+]. The maximum atomic E-state index is 8.85. The van der Waals surface area contributed by atoms with Crippen LogP contribution in [0.5, 0.6) is 0 Å². The molecular weight excluding hydrogens is 189 g/mol. The average Bonchev–Trinajstić information content (AvgIpc) is 1.88. The van der Waals surface area contributed by atoms with Crippen molar-refractivity contribution >= 4 is 10.3 Å². The molecule has 2 N–H and O–H groups in total. The van der Waals surface area contributed by atoms with E-state index in [1.165, 1.54) is 38.5 Å². The maximum Gasteiger partial charge on any atom is 1.00 e. The molecule has 0 aliphatic heterocycles. The molecule has 4 nitrogen and oxygen atoms in total. The minimum absolute atomic E-state index is 0. The number of hydrogen-bond acceptors (Lipinski definition) is 3. The normalized spacial score (nSPS) is 16.8. The fourth-order valence-corrected chi connectivity index (χ4v) is 1.06. The van der Waals surface area contributed by atoms with Crippen LogP contribution in [-0.2, 0) is 10.3 Å². The molecule has 0 unspecified atom stereocenters. The summed E-state index contributed by atoms with van der Waals surface area (Å²) in [5, 5.41) is 3.77. The second kappa shape index (κ2) is 8.47. The molecule has 12 heavy (non-hydrogen) atoms. The summed E-state index contributed by atoms with van der Waals surface area (Å²) in [6, 6.07) is 0. The standard InChI is InChI=1S/C6H12.H3NO3S.Na/c1-2-4-6-5-3-1;1-5(2,3)4;/h1-6H2;(H3,1,2,3,4);/q;;+1/p-1. The molecule has 1 saturated carbocycles. The van der Waals surface area contributed by atoms with E-state index in [-0.39, 0.29) is 29.6 Å². The second-order valence-electron chi connectivity index (χ2n) is 2.61. The van der Waals surface area contributed by atoms with E-state index >= 15 is 0 Å². The van der Waals surface area contributed by atoms with Crippen molar-refractivity contribution in [2.45, 2.75) is 38.5 Å². The van der Waals surface area contributed by atoms with Gasteiger partial charge in [0.05, 0.1) is 0 Å². The molecule has 0 aromatic heterocycles. The number of hydrogen-bond donors (Lipinski definition) is 1. The van der Waals surface area contributed by atoms with Crippen LogP contribution in [0.25, 0.3) is 0 Å². The fourth-order valence-electron chi connectivity index (χ4n) is 1.06. The fraction of sp³-hybridized carbons (Fsp3) is 1.00. The van der Waals surface area contributed by atoms with E-state index < -0.39 is 10.3 Å². The molecule has 0 radical (unpaired) electrons. The summed E-state index contributed by atoms with van der Waals surface area (Å²) in [6.45, 7) is 0. The van der Waals surface area contributed by atoms with Crippen LogP contribution in [-0.4, -0.2) is 13.0 Å². The summed E-state index contributed by atoms with van der Waals surface area (Å²) in [5.74, 6) is 0. The first-order valence-corrected chi connectivity index (χ1v) is 5.21. The van der Waals surface area contributed by atoms with Gasteiger partial charge in [-0.25, -0.2) is 13.6 Å². The van der Waals surface area contributed by atoms with E-state index in [1.807, 2.05) is 0 Å². The zero-order valence-corrected chi connectivity index (χ0v) is 10.3. The van der Waals surface area contributed by atoms with Crippen LogP contribution in [0.15, 0.2) is 0 Å². The van der Waals surface area contributed by atoms with Gasteiger partial charge in [-0.2, -0.15) is 0 Å². The van der Waals surface area contributed by atoms with Crippen molar-refractivity contribution in [3.8, 4) is 0 Å². The molecule has 1 rings (SSSR count). The Balaban J connectivity index is 0. The van der Waals surface area contributed by atoms with E-state index in [4.69, 9.17) is 13.0 Å². The van der Waals surface area contributed by atoms with Gasteiger partial charge in [0.1, 0.15) is 0 Å². The van der Waals surface area contributed by atoms with Crippen molar-refractivity contribution in [3.63, 3.8) is 0 Å². The Morgan fingerprint density at radius 1 is 0.917 bits per heavy atom. The smallest absolute Gasteiger partial charge is 0.736 e. The molecule has 0 spiro atoms. The molecule has 1 aliphatic carbocycles. The molecule has 0 aromatic rings. The van der Waals surface area contributed by atoms with Crippen LogP contribution >= 0.6 is 0 Å². The van der Waals surface area contributed by atoms with Crippen molar-refractivity contribution in [3.05, 3.63) is 0 Å². The van der Waals surface area contributed by atoms with Crippen molar-refractivity contribution in [1.29, 1.82) is 0 Å². The summed E-state index contributed by atoms with van der Waals surface area (Å²) >= 11 is 0. The first-order valence-electron chi connectivity index (χ1n) is 3.74. The Morgan fingerprint density at radius 2 is 1.00 bits per heavy atom. The third kappa shape index (κ3) is 22.4. The summed E-state index contributed by atoms with van der Waals surface area (Å²) < 4.78 is 26.6. The van der Waals surface area contributed by atoms with E-state index in [0.29, 0.717) is 0 Å². The van der Waals surface area contributed by atoms with E-state index in [9.17, 15) is 0 Å². The molecular formula is C6H14NNaO3S. The van der Waals surface area contributed by atoms with Gasteiger partial charge in [-0.3, -0.25) is 0 Å². The molecule has 0 heterocycles. The van der Waals surface area contributed by atoms with Gasteiger partial charge in [-0.15, -0.1) is 0 Å². The van der Waals surface area contributed by atoms with Gasteiger partial charge in [0.25, 0.3) is 0 Å². The minimum atomic E-state index is -4.42. The summed E-state index contributed by atoms with van der Waals surface area (Å²) in [7, 11) is -4.42. The monoisotopic (exact) mass is 203 g/mol. The van der Waals surface area contributed by atoms with Crippen LogP contribution in [0.1, 0.15) is 38.5 Å². The van der Waals surface area contributed by atoms with E-state index in [1.54, 1.807) is 0 Å².